The summed E-state index contributed by atoms with van der Waals surface area (Å²) in [5.41, 5.74) is 7.15. The van der Waals surface area contributed by atoms with E-state index >= 15 is 0 Å². The summed E-state index contributed by atoms with van der Waals surface area (Å²) in [6.07, 6.45) is 0. The van der Waals surface area contributed by atoms with Gasteiger partial charge in [-0.15, -0.1) is 0 Å². The molecular formula is C14H12ClFN2O. The first-order chi connectivity index (χ1) is 8.99. The van der Waals surface area contributed by atoms with Crippen LogP contribution >= 0.6 is 11.6 Å². The highest BCUT2D eigenvalue weighted by Crippen LogP contribution is 2.22. The van der Waals surface area contributed by atoms with Gasteiger partial charge in [0.05, 0.1) is 10.7 Å². The van der Waals surface area contributed by atoms with Gasteiger partial charge in [0.2, 0.25) is 0 Å². The van der Waals surface area contributed by atoms with Gasteiger partial charge in [-0.25, -0.2) is 4.39 Å². The molecule has 0 heterocycles. The molecule has 0 unspecified atom stereocenters. The molecule has 0 fully saturated rings. The van der Waals surface area contributed by atoms with Crippen molar-refractivity contribution < 1.29 is 9.18 Å². The number of rotatable bonds is 2. The van der Waals surface area contributed by atoms with Crippen LogP contribution in [0.5, 0.6) is 0 Å². The van der Waals surface area contributed by atoms with Crippen LogP contribution in [0.3, 0.4) is 0 Å². The number of hydrogen-bond acceptors (Lipinski definition) is 2. The first-order valence-electron chi connectivity index (χ1n) is 5.60. The lowest BCUT2D eigenvalue weighted by atomic mass is 10.1. The number of carbonyl (C=O) groups excluding carboxylic acids is 1. The smallest absolute Gasteiger partial charge is 0.255 e. The lowest BCUT2D eigenvalue weighted by molar-refractivity contribution is 0.102. The summed E-state index contributed by atoms with van der Waals surface area (Å²) in [7, 11) is 0. The van der Waals surface area contributed by atoms with Crippen molar-refractivity contribution in [3.8, 4) is 0 Å². The summed E-state index contributed by atoms with van der Waals surface area (Å²) in [5, 5.41) is 2.94. The minimum Gasteiger partial charge on any atom is -0.398 e. The third kappa shape index (κ3) is 2.85. The van der Waals surface area contributed by atoms with Gasteiger partial charge in [0.15, 0.2) is 0 Å². The van der Waals surface area contributed by atoms with Crippen LogP contribution in [-0.2, 0) is 0 Å². The molecule has 2 aromatic carbocycles. The molecule has 2 rings (SSSR count). The van der Waals surface area contributed by atoms with Crippen LogP contribution < -0.4 is 11.1 Å². The number of carbonyl (C=O) groups is 1. The van der Waals surface area contributed by atoms with Crippen LogP contribution in [0, 0.1) is 12.7 Å². The Hall–Kier alpha value is -2.07. The van der Waals surface area contributed by atoms with E-state index in [9.17, 15) is 9.18 Å². The quantitative estimate of drug-likeness (QED) is 0.824. The topological polar surface area (TPSA) is 55.1 Å². The predicted molar refractivity (Wildman–Crippen MR) is 75.0 cm³/mol. The largest absolute Gasteiger partial charge is 0.398 e. The summed E-state index contributed by atoms with van der Waals surface area (Å²) in [4.78, 5) is 12.0. The second kappa shape index (κ2) is 5.28. The van der Waals surface area contributed by atoms with Gasteiger partial charge in [0.1, 0.15) is 5.82 Å². The maximum absolute atomic E-state index is 13.4. The SMILES string of the molecule is Cc1c(F)cccc1NC(=O)c1ccc(N)c(Cl)c1. The number of nitrogen functional groups attached to an aromatic ring is 1. The molecule has 3 nitrogen and oxygen atoms in total. The lowest BCUT2D eigenvalue weighted by Crippen LogP contribution is -2.13. The molecule has 0 radical (unpaired) electrons. The van der Waals surface area contributed by atoms with Crippen molar-refractivity contribution in [2.45, 2.75) is 6.92 Å². The van der Waals surface area contributed by atoms with Crippen molar-refractivity contribution in [1.29, 1.82) is 0 Å². The molecule has 0 aromatic heterocycles. The van der Waals surface area contributed by atoms with Gasteiger partial charge in [-0.1, -0.05) is 17.7 Å². The highest BCUT2D eigenvalue weighted by molar-refractivity contribution is 6.33. The minimum atomic E-state index is -0.367. The molecule has 0 saturated heterocycles. The Bertz CT molecular complexity index is 643. The van der Waals surface area contributed by atoms with Crippen LogP contribution in [0.4, 0.5) is 15.8 Å². The lowest BCUT2D eigenvalue weighted by Gasteiger charge is -2.09. The normalized spacial score (nSPS) is 10.3. The summed E-state index contributed by atoms with van der Waals surface area (Å²) < 4.78 is 13.4. The Labute approximate surface area is 115 Å². The zero-order valence-electron chi connectivity index (χ0n) is 10.2. The van der Waals surface area contributed by atoms with Crippen LogP contribution in [0.25, 0.3) is 0 Å². The molecular weight excluding hydrogens is 267 g/mol. The van der Waals surface area contributed by atoms with Gasteiger partial charge >= 0.3 is 0 Å². The van der Waals surface area contributed by atoms with E-state index in [2.05, 4.69) is 5.32 Å². The van der Waals surface area contributed by atoms with Gasteiger partial charge in [-0.05, 0) is 37.3 Å². The zero-order valence-corrected chi connectivity index (χ0v) is 11.0. The number of nitrogens with one attached hydrogen (secondary N) is 1. The molecule has 0 aliphatic heterocycles. The Kier molecular flexibility index (Phi) is 3.71. The zero-order chi connectivity index (χ0) is 14.0. The Morgan fingerprint density at radius 2 is 2.05 bits per heavy atom. The van der Waals surface area contributed by atoms with E-state index in [0.717, 1.165) is 0 Å². The van der Waals surface area contributed by atoms with Crippen molar-refractivity contribution in [3.05, 3.63) is 58.4 Å². The maximum atomic E-state index is 13.4. The molecule has 3 N–H and O–H groups in total. The average molecular weight is 279 g/mol. The number of benzene rings is 2. The van der Waals surface area contributed by atoms with Crippen molar-refractivity contribution >= 4 is 28.9 Å². The summed E-state index contributed by atoms with van der Waals surface area (Å²) in [6.45, 7) is 1.60. The molecule has 0 bridgehead atoms. The molecule has 0 atom stereocenters. The van der Waals surface area contributed by atoms with Gasteiger partial charge in [0.25, 0.3) is 5.91 Å². The van der Waals surface area contributed by atoms with E-state index in [1.165, 1.54) is 18.2 Å². The van der Waals surface area contributed by atoms with Crippen LogP contribution in [0.1, 0.15) is 15.9 Å². The number of amides is 1. The Balaban J connectivity index is 2.26. The summed E-state index contributed by atoms with van der Waals surface area (Å²) in [6, 6.07) is 9.09. The van der Waals surface area contributed by atoms with Crippen molar-refractivity contribution in [2.75, 3.05) is 11.1 Å². The molecule has 2 aromatic rings. The average Bonchev–Trinajstić information content (AvgIpc) is 2.38. The standard InChI is InChI=1S/C14H12ClFN2O/c1-8-11(16)3-2-4-13(8)18-14(19)9-5-6-12(17)10(15)7-9/h2-7H,17H2,1H3,(H,18,19). The molecule has 1 amide bonds. The van der Waals surface area contributed by atoms with Crippen LogP contribution in [0.2, 0.25) is 5.02 Å². The fraction of sp³-hybridized carbons (Fsp3) is 0.0714. The first-order valence-corrected chi connectivity index (χ1v) is 5.98. The fourth-order valence-corrected chi connectivity index (χ4v) is 1.79. The Morgan fingerprint density at radius 1 is 1.32 bits per heavy atom. The van der Waals surface area contributed by atoms with Gasteiger partial charge in [-0.2, -0.15) is 0 Å². The highest BCUT2D eigenvalue weighted by atomic mass is 35.5. The highest BCUT2D eigenvalue weighted by Gasteiger charge is 2.10. The third-order valence-electron chi connectivity index (χ3n) is 2.78. The molecule has 5 heteroatoms. The van der Waals surface area contributed by atoms with Gasteiger partial charge in [0, 0.05) is 16.8 Å². The van der Waals surface area contributed by atoms with Gasteiger partial charge in [-0.3, -0.25) is 4.79 Å². The molecule has 0 spiro atoms. The second-order valence-electron chi connectivity index (χ2n) is 4.10. The number of halogens is 2. The van der Waals surface area contributed by atoms with E-state index in [1.807, 2.05) is 0 Å². The molecule has 0 aliphatic carbocycles. The monoisotopic (exact) mass is 278 g/mol. The predicted octanol–water partition coefficient (Wildman–Crippen LogP) is 3.62. The first kappa shape index (κ1) is 13.4. The number of nitrogens with two attached hydrogens (primary N) is 1. The summed E-state index contributed by atoms with van der Waals surface area (Å²) in [5.74, 6) is -0.733. The minimum absolute atomic E-state index is 0.309. The fourth-order valence-electron chi connectivity index (χ4n) is 1.61. The molecule has 98 valence electrons. The number of hydrogen-bond donors (Lipinski definition) is 2. The molecule has 0 aliphatic rings. The summed E-state index contributed by atoms with van der Waals surface area (Å²) >= 11 is 5.85. The van der Waals surface area contributed by atoms with Gasteiger partial charge < -0.3 is 11.1 Å². The van der Waals surface area contributed by atoms with Crippen molar-refractivity contribution in [2.24, 2.45) is 0 Å². The van der Waals surface area contributed by atoms with E-state index in [0.29, 0.717) is 27.5 Å². The molecule has 0 saturated carbocycles. The van der Waals surface area contributed by atoms with Crippen molar-refractivity contribution in [3.63, 3.8) is 0 Å². The third-order valence-corrected chi connectivity index (χ3v) is 3.11. The Morgan fingerprint density at radius 3 is 2.74 bits per heavy atom. The van der Waals surface area contributed by atoms with Crippen LogP contribution in [0.15, 0.2) is 36.4 Å². The van der Waals surface area contributed by atoms with Crippen molar-refractivity contribution in [1.82, 2.24) is 0 Å². The second-order valence-corrected chi connectivity index (χ2v) is 4.51. The van der Waals surface area contributed by atoms with E-state index in [-0.39, 0.29) is 11.7 Å². The molecule has 19 heavy (non-hydrogen) atoms. The van der Waals surface area contributed by atoms with E-state index in [4.69, 9.17) is 17.3 Å². The maximum Gasteiger partial charge on any atom is 0.255 e. The van der Waals surface area contributed by atoms with Crippen LogP contribution in [-0.4, -0.2) is 5.91 Å². The number of anilines is 2. The van der Waals surface area contributed by atoms with E-state index in [1.54, 1.807) is 25.1 Å². The van der Waals surface area contributed by atoms with E-state index < -0.39 is 0 Å².